The number of hydrogen-bond acceptors (Lipinski definition) is 1. The molecule has 3 aromatic carbocycles. The predicted octanol–water partition coefficient (Wildman–Crippen LogP) is 5.33. The van der Waals surface area contributed by atoms with E-state index in [1.54, 1.807) is 0 Å². The smallest absolute Gasteiger partial charge is 0.0819 e. The molecule has 0 radical (unpaired) electrons. The number of fused-ring (bicyclic) bond motifs is 2. The molecule has 0 amide bonds. The van der Waals surface area contributed by atoms with Gasteiger partial charge in [-0.25, -0.2) is 0 Å². The van der Waals surface area contributed by atoms with E-state index in [4.69, 9.17) is 0 Å². The molecule has 0 N–H and O–H groups in total. The largest absolute Gasteiger partial charge is 0.360 e. The molecule has 128 valence electrons. The number of aryl methyl sites for hydroxylation is 1. The van der Waals surface area contributed by atoms with Crippen molar-refractivity contribution in [3.05, 3.63) is 102 Å². The molecule has 5 rings (SSSR count). The lowest BCUT2D eigenvalue weighted by Gasteiger charge is -2.39. The first-order valence-electron chi connectivity index (χ1n) is 9.26. The van der Waals surface area contributed by atoms with Crippen molar-refractivity contribution in [2.24, 2.45) is 7.05 Å². The molecule has 0 aliphatic carbocycles. The van der Waals surface area contributed by atoms with Gasteiger partial charge in [-0.2, -0.15) is 0 Å². The van der Waals surface area contributed by atoms with E-state index in [9.17, 15) is 0 Å². The Morgan fingerprint density at radius 1 is 0.769 bits per heavy atom. The molecular formula is C24H22N2. The molecule has 0 fully saturated rings. The summed E-state index contributed by atoms with van der Waals surface area (Å²) in [5.74, 6) is 0. The van der Waals surface area contributed by atoms with Gasteiger partial charge in [-0.1, -0.05) is 60.7 Å². The maximum absolute atomic E-state index is 2.56. The van der Waals surface area contributed by atoms with Crippen molar-refractivity contribution in [3.63, 3.8) is 0 Å². The van der Waals surface area contributed by atoms with Crippen LogP contribution in [0.5, 0.6) is 0 Å². The van der Waals surface area contributed by atoms with E-state index in [-0.39, 0.29) is 6.04 Å². The molecular weight excluding hydrogens is 316 g/mol. The van der Waals surface area contributed by atoms with Gasteiger partial charge in [0.1, 0.15) is 0 Å². The van der Waals surface area contributed by atoms with E-state index < -0.39 is 0 Å². The Bertz CT molecular complexity index is 1060. The molecule has 0 saturated heterocycles. The first-order chi connectivity index (χ1) is 12.8. The van der Waals surface area contributed by atoms with Crippen LogP contribution in [0, 0.1) is 0 Å². The highest BCUT2D eigenvalue weighted by molar-refractivity contribution is 5.85. The zero-order chi connectivity index (χ0) is 17.5. The van der Waals surface area contributed by atoms with Crippen LogP contribution in [0.1, 0.15) is 22.7 Å². The summed E-state index contributed by atoms with van der Waals surface area (Å²) >= 11 is 0. The highest BCUT2D eigenvalue weighted by Gasteiger charge is 2.30. The molecule has 26 heavy (non-hydrogen) atoms. The SMILES string of the molecule is Cn1cc(C2c3ccccc3CCN2c2ccccc2)c2ccccc21. The van der Waals surface area contributed by atoms with Gasteiger partial charge in [-0.3, -0.25) is 0 Å². The molecule has 0 bridgehead atoms. The predicted molar refractivity (Wildman–Crippen MR) is 109 cm³/mol. The van der Waals surface area contributed by atoms with Gasteiger partial charge in [0.05, 0.1) is 6.04 Å². The Morgan fingerprint density at radius 3 is 2.38 bits per heavy atom. The lowest BCUT2D eigenvalue weighted by Crippen LogP contribution is -2.36. The number of nitrogens with zero attached hydrogens (tertiary/aromatic N) is 2. The van der Waals surface area contributed by atoms with Gasteiger partial charge in [-0.05, 0) is 35.7 Å². The zero-order valence-corrected chi connectivity index (χ0v) is 15.0. The van der Waals surface area contributed by atoms with Crippen LogP contribution in [0.25, 0.3) is 10.9 Å². The normalized spacial score (nSPS) is 16.7. The third-order valence-electron chi connectivity index (χ3n) is 5.59. The minimum Gasteiger partial charge on any atom is -0.360 e. The van der Waals surface area contributed by atoms with Crippen LogP contribution in [0.15, 0.2) is 85.1 Å². The summed E-state index contributed by atoms with van der Waals surface area (Å²) in [5, 5.41) is 1.35. The van der Waals surface area contributed by atoms with Gasteiger partial charge in [0, 0.05) is 41.9 Å². The Labute approximate surface area is 154 Å². The second kappa shape index (κ2) is 6.06. The van der Waals surface area contributed by atoms with Crippen LogP contribution < -0.4 is 4.90 Å². The molecule has 2 heterocycles. The highest BCUT2D eigenvalue weighted by Crippen LogP contribution is 2.41. The molecule has 2 heteroatoms. The summed E-state index contributed by atoms with van der Waals surface area (Å²) in [6, 6.07) is 28.7. The average Bonchev–Trinajstić information content (AvgIpc) is 3.04. The Kier molecular flexibility index (Phi) is 3.56. The number of rotatable bonds is 2. The summed E-state index contributed by atoms with van der Waals surface area (Å²) in [6.45, 7) is 1.04. The second-order valence-corrected chi connectivity index (χ2v) is 7.09. The van der Waals surface area contributed by atoms with Gasteiger partial charge >= 0.3 is 0 Å². The summed E-state index contributed by atoms with van der Waals surface area (Å²) in [6.07, 6.45) is 3.40. The van der Waals surface area contributed by atoms with Crippen LogP contribution in [0.4, 0.5) is 5.69 Å². The van der Waals surface area contributed by atoms with Crippen molar-refractivity contribution < 1.29 is 0 Å². The van der Waals surface area contributed by atoms with Crippen molar-refractivity contribution in [2.75, 3.05) is 11.4 Å². The van der Waals surface area contributed by atoms with Crippen LogP contribution in [-0.2, 0) is 13.5 Å². The second-order valence-electron chi connectivity index (χ2n) is 7.09. The molecule has 0 saturated carbocycles. The summed E-state index contributed by atoms with van der Waals surface area (Å²) < 4.78 is 2.26. The molecule has 1 aliphatic heterocycles. The third-order valence-corrected chi connectivity index (χ3v) is 5.59. The van der Waals surface area contributed by atoms with Crippen molar-refractivity contribution in [1.82, 2.24) is 4.57 Å². The van der Waals surface area contributed by atoms with Crippen LogP contribution in [0.3, 0.4) is 0 Å². The Balaban J connectivity index is 1.76. The van der Waals surface area contributed by atoms with E-state index in [2.05, 4.69) is 102 Å². The van der Waals surface area contributed by atoms with E-state index in [0.717, 1.165) is 13.0 Å². The molecule has 1 aliphatic rings. The molecule has 1 aromatic heterocycles. The number of aromatic nitrogens is 1. The van der Waals surface area contributed by atoms with Gasteiger partial charge < -0.3 is 9.47 Å². The Hall–Kier alpha value is -3.00. The van der Waals surface area contributed by atoms with Crippen LogP contribution in [0.2, 0.25) is 0 Å². The standard InChI is InChI=1S/C24H22N2/c1-25-17-22(21-13-7-8-14-23(21)25)24-20-12-6-5-9-18(20)15-16-26(24)19-10-3-2-4-11-19/h2-14,17,24H,15-16H2,1H3. The summed E-state index contributed by atoms with van der Waals surface area (Å²) in [5.41, 5.74) is 6.87. The van der Waals surface area contributed by atoms with E-state index in [1.165, 1.54) is 33.3 Å². The van der Waals surface area contributed by atoms with Gasteiger partial charge in [-0.15, -0.1) is 0 Å². The third kappa shape index (κ3) is 2.33. The first kappa shape index (κ1) is 15.3. The Morgan fingerprint density at radius 2 is 1.50 bits per heavy atom. The fourth-order valence-corrected chi connectivity index (χ4v) is 4.39. The molecule has 1 atom stereocenters. The van der Waals surface area contributed by atoms with Crippen molar-refractivity contribution >= 4 is 16.6 Å². The number of hydrogen-bond donors (Lipinski definition) is 0. The molecule has 2 nitrogen and oxygen atoms in total. The lowest BCUT2D eigenvalue weighted by molar-refractivity contribution is 0.654. The highest BCUT2D eigenvalue weighted by atomic mass is 15.2. The van der Waals surface area contributed by atoms with Crippen LogP contribution in [-0.4, -0.2) is 11.1 Å². The van der Waals surface area contributed by atoms with Gasteiger partial charge in [0.25, 0.3) is 0 Å². The fraction of sp³-hybridized carbons (Fsp3) is 0.167. The molecule has 4 aromatic rings. The van der Waals surface area contributed by atoms with Gasteiger partial charge in [0.2, 0.25) is 0 Å². The monoisotopic (exact) mass is 338 g/mol. The number of benzene rings is 3. The minimum absolute atomic E-state index is 0.244. The topological polar surface area (TPSA) is 8.17 Å². The maximum atomic E-state index is 2.56. The van der Waals surface area contributed by atoms with Crippen molar-refractivity contribution in [2.45, 2.75) is 12.5 Å². The number of para-hydroxylation sites is 2. The minimum atomic E-state index is 0.244. The molecule has 0 spiro atoms. The quantitative estimate of drug-likeness (QED) is 0.479. The number of anilines is 1. The first-order valence-corrected chi connectivity index (χ1v) is 9.26. The maximum Gasteiger partial charge on any atom is 0.0819 e. The molecule has 1 unspecified atom stereocenters. The van der Waals surface area contributed by atoms with Gasteiger partial charge in [0.15, 0.2) is 0 Å². The van der Waals surface area contributed by atoms with Crippen LogP contribution >= 0.6 is 0 Å². The van der Waals surface area contributed by atoms with Crippen molar-refractivity contribution in [3.8, 4) is 0 Å². The lowest BCUT2D eigenvalue weighted by atomic mass is 9.87. The average molecular weight is 338 g/mol. The fourth-order valence-electron chi connectivity index (χ4n) is 4.39. The van der Waals surface area contributed by atoms with E-state index in [1.807, 2.05) is 0 Å². The zero-order valence-electron chi connectivity index (χ0n) is 15.0. The summed E-state index contributed by atoms with van der Waals surface area (Å²) in [7, 11) is 2.15. The van der Waals surface area contributed by atoms with Crippen molar-refractivity contribution in [1.29, 1.82) is 0 Å². The van der Waals surface area contributed by atoms with E-state index in [0.29, 0.717) is 0 Å². The van der Waals surface area contributed by atoms with E-state index >= 15 is 0 Å². The summed E-state index contributed by atoms with van der Waals surface area (Å²) in [4.78, 5) is 2.56.